The third-order valence-corrected chi connectivity index (χ3v) is 6.79. The van der Waals surface area contributed by atoms with Gasteiger partial charge in [0, 0.05) is 17.3 Å². The van der Waals surface area contributed by atoms with E-state index in [1.807, 2.05) is 38.1 Å². The zero-order valence-electron chi connectivity index (χ0n) is 21.9. The quantitative estimate of drug-likeness (QED) is 0.261. The number of hydrogen-bond donors (Lipinski definition) is 1. The second kappa shape index (κ2) is 10.4. The molecule has 0 aliphatic carbocycles. The van der Waals surface area contributed by atoms with Gasteiger partial charge in [-0.1, -0.05) is 31.2 Å². The Morgan fingerprint density at radius 2 is 1.49 bits per heavy atom. The van der Waals surface area contributed by atoms with Crippen molar-refractivity contribution in [2.45, 2.75) is 33.2 Å². The number of aryl methyl sites for hydroxylation is 3. The number of aliphatic hydroxyl groups excluding tert-OH is 1. The summed E-state index contributed by atoms with van der Waals surface area (Å²) in [6.45, 7) is 5.74. The fraction of sp³-hybridized carbons (Fsp3) is 0.267. The van der Waals surface area contributed by atoms with Gasteiger partial charge in [0.05, 0.1) is 32.9 Å². The third kappa shape index (κ3) is 4.53. The summed E-state index contributed by atoms with van der Waals surface area (Å²) in [6.07, 6.45) is 0.848. The molecule has 0 aromatic heterocycles. The maximum Gasteiger partial charge on any atom is 0.300 e. The van der Waals surface area contributed by atoms with Gasteiger partial charge >= 0.3 is 0 Å². The largest absolute Gasteiger partial charge is 0.507 e. The molecule has 1 unspecified atom stereocenters. The molecule has 7 nitrogen and oxygen atoms in total. The maximum absolute atomic E-state index is 13.5. The van der Waals surface area contributed by atoms with E-state index in [-0.39, 0.29) is 11.3 Å². The van der Waals surface area contributed by atoms with E-state index < -0.39 is 17.7 Å². The van der Waals surface area contributed by atoms with Gasteiger partial charge < -0.3 is 19.3 Å². The van der Waals surface area contributed by atoms with E-state index in [4.69, 9.17) is 14.2 Å². The maximum atomic E-state index is 13.5. The molecule has 4 rings (SSSR count). The zero-order chi connectivity index (χ0) is 26.9. The van der Waals surface area contributed by atoms with Crippen molar-refractivity contribution in [2.75, 3.05) is 26.2 Å². The Balaban J connectivity index is 1.97. The molecule has 0 radical (unpaired) electrons. The number of rotatable bonds is 7. The SMILES string of the molecule is CCc1ccc(C2/C(=C(\O)c3cc(C)c(OC)cc3C)C(=O)C(=O)N2c2ccc(OC)c(OC)c2)cc1. The molecule has 1 amide bonds. The highest BCUT2D eigenvalue weighted by Gasteiger charge is 2.47. The van der Waals surface area contributed by atoms with Crippen molar-refractivity contribution in [1.82, 2.24) is 0 Å². The number of hydrogen-bond acceptors (Lipinski definition) is 6. The highest BCUT2D eigenvalue weighted by Crippen LogP contribution is 2.44. The van der Waals surface area contributed by atoms with E-state index >= 15 is 0 Å². The fourth-order valence-corrected chi connectivity index (χ4v) is 4.73. The number of ketones is 1. The Bertz CT molecular complexity index is 1390. The van der Waals surface area contributed by atoms with Gasteiger partial charge in [-0.3, -0.25) is 14.5 Å². The lowest BCUT2D eigenvalue weighted by molar-refractivity contribution is -0.132. The molecule has 1 N–H and O–H groups in total. The van der Waals surface area contributed by atoms with Gasteiger partial charge in [0.15, 0.2) is 11.5 Å². The van der Waals surface area contributed by atoms with E-state index in [2.05, 4.69) is 6.92 Å². The highest BCUT2D eigenvalue weighted by atomic mass is 16.5. The van der Waals surface area contributed by atoms with E-state index in [0.717, 1.165) is 23.1 Å². The number of nitrogens with zero attached hydrogens (tertiary/aromatic N) is 1. The molecule has 0 spiro atoms. The molecule has 1 aliphatic rings. The fourth-order valence-electron chi connectivity index (χ4n) is 4.73. The van der Waals surface area contributed by atoms with Crippen LogP contribution >= 0.6 is 0 Å². The molecule has 3 aromatic carbocycles. The minimum absolute atomic E-state index is 0.0247. The number of Topliss-reactive ketones (excluding diaryl/α,β-unsaturated/α-hetero) is 1. The summed E-state index contributed by atoms with van der Waals surface area (Å²) in [6, 6.07) is 15.5. The number of aliphatic hydroxyl groups is 1. The van der Waals surface area contributed by atoms with Crippen LogP contribution in [0.1, 0.15) is 40.8 Å². The smallest absolute Gasteiger partial charge is 0.300 e. The van der Waals surface area contributed by atoms with E-state index in [1.165, 1.54) is 19.1 Å². The van der Waals surface area contributed by atoms with E-state index in [9.17, 15) is 14.7 Å². The van der Waals surface area contributed by atoms with Crippen LogP contribution in [0, 0.1) is 13.8 Å². The normalized spacial score (nSPS) is 16.7. The van der Waals surface area contributed by atoms with Crippen LogP contribution in [0.15, 0.2) is 60.2 Å². The monoisotopic (exact) mass is 501 g/mol. The number of methoxy groups -OCH3 is 3. The molecule has 1 atom stereocenters. The second-order valence-corrected chi connectivity index (χ2v) is 8.94. The Morgan fingerprint density at radius 3 is 2.08 bits per heavy atom. The Labute approximate surface area is 216 Å². The van der Waals surface area contributed by atoms with Crippen molar-refractivity contribution in [3.8, 4) is 17.2 Å². The molecular weight excluding hydrogens is 470 g/mol. The number of amides is 1. The summed E-state index contributed by atoms with van der Waals surface area (Å²) < 4.78 is 16.2. The van der Waals surface area contributed by atoms with Crippen LogP contribution in [-0.2, 0) is 16.0 Å². The lowest BCUT2D eigenvalue weighted by Gasteiger charge is -2.26. The van der Waals surface area contributed by atoms with Gasteiger partial charge in [-0.15, -0.1) is 0 Å². The predicted octanol–water partition coefficient (Wildman–Crippen LogP) is 5.52. The van der Waals surface area contributed by atoms with E-state index in [1.54, 1.807) is 37.4 Å². The number of carbonyl (C=O) groups is 2. The molecular formula is C30H31NO6. The van der Waals surface area contributed by atoms with Crippen molar-refractivity contribution >= 4 is 23.1 Å². The molecule has 192 valence electrons. The number of benzene rings is 3. The molecule has 3 aromatic rings. The van der Waals surface area contributed by atoms with Crippen molar-refractivity contribution < 1.29 is 28.9 Å². The van der Waals surface area contributed by atoms with Gasteiger partial charge in [-0.05, 0) is 66.8 Å². The molecule has 1 saturated heterocycles. The van der Waals surface area contributed by atoms with Crippen LogP contribution in [0.2, 0.25) is 0 Å². The highest BCUT2D eigenvalue weighted by molar-refractivity contribution is 6.51. The lowest BCUT2D eigenvalue weighted by Crippen LogP contribution is -2.29. The van der Waals surface area contributed by atoms with Crippen molar-refractivity contribution in [2.24, 2.45) is 0 Å². The molecule has 0 saturated carbocycles. The molecule has 1 fully saturated rings. The summed E-state index contributed by atoms with van der Waals surface area (Å²) >= 11 is 0. The number of ether oxygens (including phenoxy) is 3. The summed E-state index contributed by atoms with van der Waals surface area (Å²) in [5.74, 6) is -0.133. The zero-order valence-corrected chi connectivity index (χ0v) is 21.9. The first kappa shape index (κ1) is 25.8. The lowest BCUT2D eigenvalue weighted by atomic mass is 9.92. The first-order chi connectivity index (χ1) is 17.7. The number of anilines is 1. The summed E-state index contributed by atoms with van der Waals surface area (Å²) in [7, 11) is 4.61. The minimum atomic E-state index is -0.842. The molecule has 1 heterocycles. The summed E-state index contributed by atoms with van der Waals surface area (Å²) in [5, 5.41) is 11.6. The van der Waals surface area contributed by atoms with Crippen LogP contribution in [0.3, 0.4) is 0 Å². The van der Waals surface area contributed by atoms with Crippen LogP contribution < -0.4 is 19.1 Å². The van der Waals surface area contributed by atoms with Gasteiger partial charge in [-0.2, -0.15) is 0 Å². The third-order valence-electron chi connectivity index (χ3n) is 6.79. The average Bonchev–Trinajstić information content (AvgIpc) is 3.18. The van der Waals surface area contributed by atoms with Crippen LogP contribution in [0.4, 0.5) is 5.69 Å². The molecule has 1 aliphatic heterocycles. The number of carbonyl (C=O) groups excluding carboxylic acids is 2. The minimum Gasteiger partial charge on any atom is -0.507 e. The van der Waals surface area contributed by atoms with Gasteiger partial charge in [0.1, 0.15) is 11.5 Å². The van der Waals surface area contributed by atoms with Crippen molar-refractivity contribution in [1.29, 1.82) is 0 Å². The van der Waals surface area contributed by atoms with Crippen LogP contribution in [0.25, 0.3) is 5.76 Å². The van der Waals surface area contributed by atoms with Gasteiger partial charge in [-0.25, -0.2) is 0 Å². The average molecular weight is 502 g/mol. The summed E-state index contributed by atoms with van der Waals surface area (Å²) in [4.78, 5) is 28.4. The standard InChI is InChI=1S/C30H31NO6/c1-7-19-8-10-20(11-9-19)27-26(28(32)22-14-18(3)24(36-5)15-17(22)2)29(33)30(34)31(27)21-12-13-23(35-4)25(16-21)37-6/h8-16,27,32H,7H2,1-6H3/b28-26+. The van der Waals surface area contributed by atoms with E-state index in [0.29, 0.717) is 34.1 Å². The van der Waals surface area contributed by atoms with Crippen LogP contribution in [0.5, 0.6) is 17.2 Å². The second-order valence-electron chi connectivity index (χ2n) is 8.94. The Kier molecular flexibility index (Phi) is 7.25. The first-order valence-corrected chi connectivity index (χ1v) is 12.0. The predicted molar refractivity (Wildman–Crippen MR) is 143 cm³/mol. The molecule has 37 heavy (non-hydrogen) atoms. The van der Waals surface area contributed by atoms with Gasteiger partial charge in [0.2, 0.25) is 0 Å². The Hall–Kier alpha value is -4.26. The van der Waals surface area contributed by atoms with Crippen LogP contribution in [-0.4, -0.2) is 38.1 Å². The van der Waals surface area contributed by atoms with Gasteiger partial charge in [0.25, 0.3) is 11.7 Å². The molecule has 7 heteroatoms. The Morgan fingerprint density at radius 1 is 0.838 bits per heavy atom. The molecule has 0 bridgehead atoms. The van der Waals surface area contributed by atoms with Crippen molar-refractivity contribution in [3.63, 3.8) is 0 Å². The van der Waals surface area contributed by atoms with Crippen molar-refractivity contribution in [3.05, 3.63) is 88.0 Å². The first-order valence-electron chi connectivity index (χ1n) is 12.0. The topological polar surface area (TPSA) is 85.3 Å². The summed E-state index contributed by atoms with van der Waals surface area (Å²) in [5.41, 5.74) is 4.29.